The van der Waals surface area contributed by atoms with Crippen molar-refractivity contribution in [2.75, 3.05) is 19.6 Å². The number of ketones is 1. The normalized spacial score (nSPS) is 24.7. The number of benzene rings is 2. The molecule has 1 N–H and O–H groups in total. The fourth-order valence-electron chi connectivity index (χ4n) is 4.27. The second kappa shape index (κ2) is 7.27. The minimum atomic E-state index is -0.673. The number of ether oxygens (including phenoxy) is 1. The van der Waals surface area contributed by atoms with Crippen LogP contribution in [0.5, 0.6) is 11.5 Å². The quantitative estimate of drug-likeness (QED) is 0.813. The molecule has 0 unspecified atom stereocenters. The Balaban J connectivity index is 1.32. The van der Waals surface area contributed by atoms with Crippen molar-refractivity contribution in [3.05, 3.63) is 59.7 Å². The molecular formula is C21H21F2NO3. The molecule has 27 heavy (non-hydrogen) atoms. The van der Waals surface area contributed by atoms with Crippen molar-refractivity contribution in [3.63, 3.8) is 0 Å². The molecule has 0 bridgehead atoms. The Labute approximate surface area is 156 Å². The molecule has 0 aromatic heterocycles. The van der Waals surface area contributed by atoms with Crippen molar-refractivity contribution in [2.24, 2.45) is 11.8 Å². The smallest absolute Gasteiger partial charge is 0.191 e. The highest BCUT2D eigenvalue weighted by Gasteiger charge is 2.42. The first kappa shape index (κ1) is 17.9. The van der Waals surface area contributed by atoms with Crippen LogP contribution in [-0.4, -0.2) is 41.5 Å². The number of para-hydroxylation sites is 1. The Morgan fingerprint density at radius 1 is 1.04 bits per heavy atom. The number of halogens is 2. The first-order chi connectivity index (χ1) is 13.0. The maximum absolute atomic E-state index is 13.8. The van der Waals surface area contributed by atoms with E-state index in [1.165, 1.54) is 30.3 Å². The Morgan fingerprint density at radius 2 is 1.63 bits per heavy atom. The van der Waals surface area contributed by atoms with E-state index in [1.807, 2.05) is 0 Å². The predicted molar refractivity (Wildman–Crippen MR) is 95.9 cm³/mol. The Morgan fingerprint density at radius 3 is 2.22 bits per heavy atom. The maximum Gasteiger partial charge on any atom is 0.191 e. The van der Waals surface area contributed by atoms with Crippen LogP contribution in [-0.2, 0) is 0 Å². The third-order valence-electron chi connectivity index (χ3n) is 5.54. The Kier molecular flexibility index (Phi) is 4.83. The highest BCUT2D eigenvalue weighted by Crippen LogP contribution is 2.40. The third-order valence-corrected chi connectivity index (χ3v) is 5.54. The number of carbonyl (C=O) groups is 1. The van der Waals surface area contributed by atoms with Crippen LogP contribution in [0.4, 0.5) is 8.78 Å². The average molecular weight is 373 g/mol. The number of rotatable bonds is 5. The summed E-state index contributed by atoms with van der Waals surface area (Å²) >= 11 is 0. The van der Waals surface area contributed by atoms with Gasteiger partial charge in [0.2, 0.25) is 0 Å². The van der Waals surface area contributed by atoms with Gasteiger partial charge < -0.3 is 9.84 Å². The summed E-state index contributed by atoms with van der Waals surface area (Å²) in [6.45, 7) is 1.91. The van der Waals surface area contributed by atoms with Gasteiger partial charge in [0, 0.05) is 18.7 Å². The van der Waals surface area contributed by atoms with Crippen molar-refractivity contribution < 1.29 is 23.4 Å². The summed E-state index contributed by atoms with van der Waals surface area (Å²) in [5.74, 6) is -0.728. The molecule has 4 rings (SSSR count). The van der Waals surface area contributed by atoms with Gasteiger partial charge in [-0.1, -0.05) is 6.07 Å². The summed E-state index contributed by atoms with van der Waals surface area (Å²) in [5, 5.41) is 9.32. The third kappa shape index (κ3) is 3.81. The van der Waals surface area contributed by atoms with Crippen LogP contribution >= 0.6 is 0 Å². The van der Waals surface area contributed by atoms with Crippen molar-refractivity contribution >= 4 is 5.78 Å². The van der Waals surface area contributed by atoms with Crippen LogP contribution in [0.3, 0.4) is 0 Å². The van der Waals surface area contributed by atoms with Gasteiger partial charge in [-0.2, -0.15) is 0 Å². The molecular weight excluding hydrogens is 352 g/mol. The van der Waals surface area contributed by atoms with Gasteiger partial charge in [-0.3, -0.25) is 9.69 Å². The molecule has 1 saturated heterocycles. The number of carbonyl (C=O) groups excluding carboxylic acids is 1. The molecule has 2 aromatic rings. The Bertz CT molecular complexity index is 806. The summed E-state index contributed by atoms with van der Waals surface area (Å²) in [6, 6.07) is 9.99. The van der Waals surface area contributed by atoms with E-state index in [4.69, 9.17) is 4.74 Å². The summed E-state index contributed by atoms with van der Waals surface area (Å²) in [4.78, 5) is 14.5. The molecule has 0 amide bonds. The van der Waals surface area contributed by atoms with E-state index in [2.05, 4.69) is 4.90 Å². The van der Waals surface area contributed by atoms with Gasteiger partial charge in [-0.05, 0) is 61.1 Å². The number of phenols is 1. The lowest BCUT2D eigenvalue weighted by molar-refractivity contribution is 0.0936. The number of hydrogen-bond acceptors (Lipinski definition) is 4. The lowest BCUT2D eigenvalue weighted by Crippen LogP contribution is -2.30. The molecule has 0 radical (unpaired) electrons. The van der Waals surface area contributed by atoms with Crippen LogP contribution in [0.25, 0.3) is 0 Å². The van der Waals surface area contributed by atoms with Crippen molar-refractivity contribution in [1.82, 2.24) is 4.90 Å². The molecule has 6 heteroatoms. The first-order valence-corrected chi connectivity index (χ1v) is 9.15. The summed E-state index contributed by atoms with van der Waals surface area (Å²) < 4.78 is 33.1. The van der Waals surface area contributed by atoms with Gasteiger partial charge in [0.1, 0.15) is 5.75 Å². The summed E-state index contributed by atoms with van der Waals surface area (Å²) in [6.07, 6.45) is 1.28. The maximum atomic E-state index is 13.8. The molecule has 142 valence electrons. The van der Waals surface area contributed by atoms with Gasteiger partial charge >= 0.3 is 0 Å². The standard InChI is InChI=1S/C21H21F2NO3/c22-18-2-1-3-19(23)21(18)27-17-8-14-10-24(11-15(14)9-17)12-20(26)13-4-6-16(25)7-5-13/h1-7,14-15,17,25H,8-12H2/t14-,15+,17+. The minimum Gasteiger partial charge on any atom is -0.508 e. The highest BCUT2D eigenvalue weighted by atomic mass is 19.1. The van der Waals surface area contributed by atoms with Gasteiger partial charge in [0.15, 0.2) is 23.2 Å². The SMILES string of the molecule is O=C(CN1C[C@H]2C[C@H](Oc3c(F)cccc3F)C[C@H]2C1)c1ccc(O)cc1. The highest BCUT2D eigenvalue weighted by molar-refractivity contribution is 5.97. The lowest BCUT2D eigenvalue weighted by atomic mass is 10.0. The molecule has 2 aromatic carbocycles. The van der Waals surface area contributed by atoms with Crippen LogP contribution in [0, 0.1) is 23.5 Å². The number of Topliss-reactive ketones (excluding diaryl/α,β-unsaturated/α-hetero) is 1. The van der Waals surface area contributed by atoms with Crippen molar-refractivity contribution in [1.29, 1.82) is 0 Å². The molecule has 1 saturated carbocycles. The van der Waals surface area contributed by atoms with E-state index in [9.17, 15) is 18.7 Å². The van der Waals surface area contributed by atoms with E-state index in [0.717, 1.165) is 25.9 Å². The van der Waals surface area contributed by atoms with Crippen LogP contribution < -0.4 is 4.74 Å². The van der Waals surface area contributed by atoms with Gasteiger partial charge in [0.05, 0.1) is 12.6 Å². The summed E-state index contributed by atoms with van der Waals surface area (Å²) in [5.41, 5.74) is 0.584. The van der Waals surface area contributed by atoms with Crippen molar-refractivity contribution in [2.45, 2.75) is 18.9 Å². The number of aromatic hydroxyl groups is 1. The fraction of sp³-hybridized carbons (Fsp3) is 0.381. The fourth-order valence-corrected chi connectivity index (χ4v) is 4.27. The molecule has 4 nitrogen and oxygen atoms in total. The average Bonchev–Trinajstić information content (AvgIpc) is 3.16. The van der Waals surface area contributed by atoms with E-state index >= 15 is 0 Å². The minimum absolute atomic E-state index is 0.0243. The topological polar surface area (TPSA) is 49.8 Å². The van der Waals surface area contributed by atoms with Crippen LogP contribution in [0.1, 0.15) is 23.2 Å². The van der Waals surface area contributed by atoms with Gasteiger partial charge in [-0.15, -0.1) is 0 Å². The van der Waals surface area contributed by atoms with Crippen molar-refractivity contribution in [3.8, 4) is 11.5 Å². The number of fused-ring (bicyclic) bond motifs is 1. The molecule has 0 spiro atoms. The van der Waals surface area contributed by atoms with E-state index in [0.29, 0.717) is 23.9 Å². The number of nitrogens with zero attached hydrogens (tertiary/aromatic N) is 1. The molecule has 3 atom stereocenters. The number of hydrogen-bond donors (Lipinski definition) is 1. The number of phenolic OH excluding ortho intramolecular Hbond substituents is 1. The molecule has 2 fully saturated rings. The first-order valence-electron chi connectivity index (χ1n) is 9.15. The largest absolute Gasteiger partial charge is 0.508 e. The van der Waals surface area contributed by atoms with Gasteiger partial charge in [0.25, 0.3) is 0 Å². The zero-order chi connectivity index (χ0) is 19.0. The van der Waals surface area contributed by atoms with E-state index in [1.54, 1.807) is 12.1 Å². The van der Waals surface area contributed by atoms with Crippen LogP contribution in [0.15, 0.2) is 42.5 Å². The lowest BCUT2D eigenvalue weighted by Gasteiger charge is -2.19. The second-order valence-electron chi connectivity index (χ2n) is 7.45. The molecule has 2 aliphatic rings. The van der Waals surface area contributed by atoms with Gasteiger partial charge in [-0.25, -0.2) is 8.78 Å². The zero-order valence-electron chi connectivity index (χ0n) is 14.8. The van der Waals surface area contributed by atoms with E-state index in [-0.39, 0.29) is 23.4 Å². The monoisotopic (exact) mass is 373 g/mol. The predicted octanol–water partition coefficient (Wildman–Crippen LogP) is 3.64. The molecule has 1 heterocycles. The second-order valence-corrected chi connectivity index (χ2v) is 7.45. The van der Waals surface area contributed by atoms with Crippen LogP contribution in [0.2, 0.25) is 0 Å². The zero-order valence-corrected chi connectivity index (χ0v) is 14.8. The molecule has 1 aliphatic heterocycles. The number of likely N-dealkylation sites (tertiary alicyclic amines) is 1. The summed E-state index contributed by atoms with van der Waals surface area (Å²) in [7, 11) is 0. The Hall–Kier alpha value is -2.47. The van der Waals surface area contributed by atoms with E-state index < -0.39 is 11.6 Å². The molecule has 1 aliphatic carbocycles.